The van der Waals surface area contributed by atoms with Crippen LogP contribution >= 0.6 is 0 Å². The molecular formula is C36H58O9. The lowest BCUT2D eigenvalue weighted by Gasteiger charge is -2.71. The Morgan fingerprint density at radius 3 is 2.20 bits per heavy atom. The molecule has 4 unspecified atom stereocenters. The van der Waals surface area contributed by atoms with Crippen molar-refractivity contribution in [1.82, 2.24) is 0 Å². The molecule has 5 fully saturated rings. The average molecular weight is 635 g/mol. The number of carbonyl (C=O) groups is 1. The van der Waals surface area contributed by atoms with Crippen molar-refractivity contribution in [3.8, 4) is 0 Å². The second kappa shape index (κ2) is 10.7. The molecule has 0 aromatic rings. The first kappa shape index (κ1) is 33.8. The molecule has 0 aromatic carbocycles. The minimum absolute atomic E-state index is 0.0497. The van der Waals surface area contributed by atoms with Crippen LogP contribution in [0.1, 0.15) is 106 Å². The van der Waals surface area contributed by atoms with E-state index in [1.54, 1.807) is 0 Å². The van der Waals surface area contributed by atoms with Crippen LogP contribution in [0.15, 0.2) is 11.6 Å². The van der Waals surface area contributed by atoms with Crippen molar-refractivity contribution in [3.05, 3.63) is 11.6 Å². The Morgan fingerprint density at radius 2 is 1.53 bits per heavy atom. The van der Waals surface area contributed by atoms with Gasteiger partial charge in [0.15, 0.2) is 0 Å². The highest BCUT2D eigenvalue weighted by Crippen LogP contribution is 2.75. The molecule has 9 nitrogen and oxygen atoms in total. The van der Waals surface area contributed by atoms with Gasteiger partial charge in [0.05, 0.1) is 18.8 Å². The largest absolute Gasteiger partial charge is 0.432 e. The second-order valence-electron chi connectivity index (χ2n) is 18.0. The maximum atomic E-state index is 14.4. The van der Waals surface area contributed by atoms with Crippen LogP contribution in [0.5, 0.6) is 0 Å². The summed E-state index contributed by atoms with van der Waals surface area (Å²) in [5, 5.41) is 64.3. The second-order valence-corrected chi connectivity index (χ2v) is 18.0. The molecule has 14 atom stereocenters. The van der Waals surface area contributed by atoms with Crippen molar-refractivity contribution < 1.29 is 44.9 Å². The molecule has 256 valence electrons. The van der Waals surface area contributed by atoms with Gasteiger partial charge in [0, 0.05) is 0 Å². The van der Waals surface area contributed by atoms with Gasteiger partial charge in [-0.1, -0.05) is 60.1 Å². The molecule has 45 heavy (non-hydrogen) atoms. The van der Waals surface area contributed by atoms with Crippen LogP contribution in [0.25, 0.3) is 0 Å². The van der Waals surface area contributed by atoms with Crippen LogP contribution in [0.3, 0.4) is 0 Å². The molecule has 0 bridgehead atoms. The third kappa shape index (κ3) is 4.54. The molecule has 6 rings (SSSR count). The lowest BCUT2D eigenvalue weighted by molar-refractivity contribution is -0.299. The highest BCUT2D eigenvalue weighted by Gasteiger charge is 2.71. The van der Waals surface area contributed by atoms with Crippen molar-refractivity contribution in [3.63, 3.8) is 0 Å². The van der Waals surface area contributed by atoms with Crippen molar-refractivity contribution >= 4 is 5.97 Å². The molecule has 0 aromatic heterocycles. The van der Waals surface area contributed by atoms with Crippen LogP contribution in [-0.4, -0.2) is 86.1 Å². The fraction of sp³-hybridized carbons (Fsp3) is 0.917. The van der Waals surface area contributed by atoms with E-state index in [1.165, 1.54) is 5.57 Å². The summed E-state index contributed by atoms with van der Waals surface area (Å²) in [6.45, 7) is 15.5. The Morgan fingerprint density at radius 1 is 0.844 bits per heavy atom. The summed E-state index contributed by atoms with van der Waals surface area (Å²) in [7, 11) is 0. The van der Waals surface area contributed by atoms with Gasteiger partial charge in [-0.15, -0.1) is 0 Å². The predicted molar refractivity (Wildman–Crippen MR) is 166 cm³/mol. The van der Waals surface area contributed by atoms with E-state index in [1.807, 2.05) is 0 Å². The van der Waals surface area contributed by atoms with Gasteiger partial charge in [-0.25, -0.2) is 0 Å². The first-order valence-corrected chi connectivity index (χ1v) is 17.4. The Kier molecular flexibility index (Phi) is 8.05. The third-order valence-corrected chi connectivity index (χ3v) is 15.1. The standard InChI is InChI=1S/C36H58O9/c1-31(2)14-15-36(30(43)45-29-28(42)27(41)26(40)21(18-37)44-29)20(16-31)19-8-9-23-33(5)12-11-24(38)32(3,4)22(33)10-13-34(23,6)35(19,7)17-25(36)39/h8,20-29,37-42H,9-18H2,1-7H3/t20-,21?,22?,23?,24-,25+,26+,27+,28?,29+,33-,34+,35+,36+/m0/s1. The van der Waals surface area contributed by atoms with E-state index in [0.717, 1.165) is 32.1 Å². The van der Waals surface area contributed by atoms with E-state index >= 15 is 0 Å². The number of esters is 1. The van der Waals surface area contributed by atoms with Gasteiger partial charge in [-0.05, 0) is 103 Å². The summed E-state index contributed by atoms with van der Waals surface area (Å²) < 4.78 is 11.4. The zero-order valence-electron chi connectivity index (χ0n) is 28.3. The van der Waals surface area contributed by atoms with Gasteiger partial charge >= 0.3 is 5.97 Å². The lowest BCUT2D eigenvalue weighted by Crippen LogP contribution is -2.68. The van der Waals surface area contributed by atoms with E-state index in [-0.39, 0.29) is 39.1 Å². The number of allylic oxidation sites excluding steroid dienone is 2. The Hall–Kier alpha value is -1.07. The van der Waals surface area contributed by atoms with Crippen molar-refractivity contribution in [2.24, 2.45) is 50.2 Å². The number of rotatable bonds is 3. The minimum atomic E-state index is -1.70. The monoisotopic (exact) mass is 634 g/mol. The maximum absolute atomic E-state index is 14.4. The zero-order valence-corrected chi connectivity index (χ0v) is 28.3. The van der Waals surface area contributed by atoms with E-state index < -0.39 is 54.8 Å². The topological polar surface area (TPSA) is 157 Å². The minimum Gasteiger partial charge on any atom is -0.432 e. The van der Waals surface area contributed by atoms with Crippen molar-refractivity contribution in [1.29, 1.82) is 0 Å². The van der Waals surface area contributed by atoms with Crippen LogP contribution in [0.2, 0.25) is 0 Å². The molecule has 0 radical (unpaired) electrons. The highest BCUT2D eigenvalue weighted by atomic mass is 16.7. The molecule has 1 saturated heterocycles. The Balaban J connectivity index is 1.38. The molecule has 0 amide bonds. The lowest BCUT2D eigenvalue weighted by atomic mass is 9.33. The fourth-order valence-electron chi connectivity index (χ4n) is 12.1. The van der Waals surface area contributed by atoms with E-state index in [2.05, 4.69) is 54.5 Å². The number of ether oxygens (including phenoxy) is 2. The van der Waals surface area contributed by atoms with Gasteiger partial charge in [-0.2, -0.15) is 0 Å². The molecule has 9 heteroatoms. The molecule has 0 spiro atoms. The summed E-state index contributed by atoms with van der Waals surface area (Å²) in [6, 6.07) is 0. The highest BCUT2D eigenvalue weighted by molar-refractivity contribution is 5.80. The summed E-state index contributed by atoms with van der Waals surface area (Å²) in [6.07, 6.45) is 0.341. The summed E-state index contributed by atoms with van der Waals surface area (Å²) in [5.41, 5.74) is -0.661. The van der Waals surface area contributed by atoms with Gasteiger partial charge in [0.1, 0.15) is 29.8 Å². The molecular weight excluding hydrogens is 576 g/mol. The van der Waals surface area contributed by atoms with Crippen LogP contribution in [0, 0.1) is 50.2 Å². The first-order chi connectivity index (χ1) is 20.8. The maximum Gasteiger partial charge on any atom is 0.317 e. The van der Waals surface area contributed by atoms with Crippen LogP contribution in [-0.2, 0) is 14.3 Å². The van der Waals surface area contributed by atoms with E-state index in [0.29, 0.717) is 37.5 Å². The van der Waals surface area contributed by atoms with Crippen LogP contribution < -0.4 is 0 Å². The number of hydrogen-bond acceptors (Lipinski definition) is 9. The number of fused-ring (bicyclic) bond motifs is 7. The van der Waals surface area contributed by atoms with Crippen molar-refractivity contribution in [2.45, 2.75) is 149 Å². The SMILES string of the molecule is CC1(C)CC[C@]2(C(=O)O[C@H]3OC(CO)[C@@H](O)[C@@H](O)C3O)[C@H](O)C[C@]3(C)C(=CCC4[C@@]5(C)CC[C@H](O)C(C)(C)C5CC[C@]43C)[C@@H]2C1. The molecule has 4 saturated carbocycles. The average Bonchev–Trinajstić information content (AvgIpc) is 2.95. The van der Waals surface area contributed by atoms with Gasteiger partial charge in [-0.3, -0.25) is 4.79 Å². The molecule has 1 aliphatic heterocycles. The van der Waals surface area contributed by atoms with E-state index in [4.69, 9.17) is 9.47 Å². The molecule has 5 aliphatic carbocycles. The van der Waals surface area contributed by atoms with E-state index in [9.17, 15) is 35.4 Å². The third-order valence-electron chi connectivity index (χ3n) is 15.1. The predicted octanol–water partition coefficient (Wildman–Crippen LogP) is 3.46. The Bertz CT molecular complexity index is 1210. The zero-order chi connectivity index (χ0) is 33.1. The normalized spacial score (nSPS) is 53.6. The van der Waals surface area contributed by atoms with Gasteiger partial charge in [0.2, 0.25) is 6.29 Å². The summed E-state index contributed by atoms with van der Waals surface area (Å²) in [4.78, 5) is 14.4. The van der Waals surface area contributed by atoms with Crippen molar-refractivity contribution in [2.75, 3.05) is 6.61 Å². The summed E-state index contributed by atoms with van der Waals surface area (Å²) >= 11 is 0. The Labute approximate surface area is 268 Å². The number of aliphatic hydroxyl groups excluding tert-OH is 6. The van der Waals surface area contributed by atoms with Crippen LogP contribution in [0.4, 0.5) is 0 Å². The smallest absolute Gasteiger partial charge is 0.317 e. The fourth-order valence-corrected chi connectivity index (χ4v) is 12.1. The molecule has 6 aliphatic rings. The quantitative estimate of drug-likeness (QED) is 0.202. The molecule has 1 heterocycles. The van der Waals surface area contributed by atoms with Gasteiger partial charge < -0.3 is 40.1 Å². The first-order valence-electron chi connectivity index (χ1n) is 17.4. The molecule has 6 N–H and O–H groups in total. The number of aliphatic hydroxyl groups is 6. The number of hydrogen-bond donors (Lipinski definition) is 6. The number of carbonyl (C=O) groups excluding carboxylic acids is 1. The summed E-state index contributed by atoms with van der Waals surface area (Å²) in [5.74, 6) is -0.157. The van der Waals surface area contributed by atoms with Gasteiger partial charge in [0.25, 0.3) is 0 Å².